The average molecular weight is 236 g/mol. The maximum Gasteiger partial charge on any atom is 0.408 e. The summed E-state index contributed by atoms with van der Waals surface area (Å²) in [7, 11) is 0. The van der Waals surface area contributed by atoms with Crippen LogP contribution in [-0.4, -0.2) is 12.9 Å². The lowest BCUT2D eigenvalue weighted by atomic mass is 9.66. The third kappa shape index (κ3) is 1.86. The maximum absolute atomic E-state index is 12.0. The van der Waals surface area contributed by atoms with E-state index < -0.39 is 0 Å². The summed E-state index contributed by atoms with van der Waals surface area (Å²) in [5.74, 6) is -0.0325. The van der Waals surface area contributed by atoms with Crippen molar-refractivity contribution < 1.29 is 4.79 Å². The van der Waals surface area contributed by atoms with Crippen LogP contribution in [0, 0.1) is 6.92 Å². The van der Waals surface area contributed by atoms with Crippen LogP contribution in [0.15, 0.2) is 48.5 Å². The number of para-hydroxylation sites is 1. The first-order valence-corrected chi connectivity index (χ1v) is 5.97. The number of nitrogens with one attached hydrogen (secondary N) is 2. The van der Waals surface area contributed by atoms with Crippen LogP contribution in [-0.2, 0) is 0 Å². The molecule has 1 heterocycles. The first-order chi connectivity index (χ1) is 8.74. The van der Waals surface area contributed by atoms with Crippen molar-refractivity contribution in [1.29, 1.82) is 0 Å². The smallest absolute Gasteiger partial charge is 0.405 e. The zero-order chi connectivity index (χ0) is 12.5. The molecule has 1 aliphatic rings. The van der Waals surface area contributed by atoms with Crippen molar-refractivity contribution in [1.82, 2.24) is 5.23 Å². The van der Waals surface area contributed by atoms with E-state index in [2.05, 4.69) is 10.5 Å². The van der Waals surface area contributed by atoms with Gasteiger partial charge in [-0.05, 0) is 24.5 Å². The van der Waals surface area contributed by atoms with E-state index in [1.165, 1.54) is 5.56 Å². The Morgan fingerprint density at radius 2 is 1.67 bits per heavy atom. The van der Waals surface area contributed by atoms with Gasteiger partial charge in [-0.25, -0.2) is 0 Å². The topological polar surface area (TPSA) is 41.1 Å². The molecule has 0 bridgehead atoms. The van der Waals surface area contributed by atoms with Crippen molar-refractivity contribution >= 4 is 24.0 Å². The normalized spacial score (nSPS) is 13.6. The Labute approximate surface area is 106 Å². The quantitative estimate of drug-likeness (QED) is 0.737. The highest BCUT2D eigenvalue weighted by molar-refractivity contribution is 6.77. The van der Waals surface area contributed by atoms with Gasteiger partial charge in [0.1, 0.15) is 0 Å². The number of hydrogen-bond donors (Lipinski definition) is 2. The number of rotatable bonds is 1. The molecule has 2 N–H and O–H groups in total. The van der Waals surface area contributed by atoms with E-state index in [0.717, 1.165) is 11.2 Å². The van der Waals surface area contributed by atoms with Gasteiger partial charge in [0.25, 0.3) is 0 Å². The number of benzene rings is 2. The monoisotopic (exact) mass is 236 g/mol. The molecule has 0 atom stereocenters. The Balaban J connectivity index is 1.94. The second-order valence-corrected chi connectivity index (χ2v) is 4.51. The number of fused-ring (bicyclic) bond motifs is 1. The lowest BCUT2D eigenvalue weighted by Crippen LogP contribution is -2.56. The molecule has 0 saturated carbocycles. The van der Waals surface area contributed by atoms with E-state index >= 15 is 0 Å². The van der Waals surface area contributed by atoms with Crippen molar-refractivity contribution in [2.24, 2.45) is 0 Å². The molecule has 3 rings (SSSR count). The van der Waals surface area contributed by atoms with E-state index in [9.17, 15) is 4.79 Å². The molecule has 88 valence electrons. The van der Waals surface area contributed by atoms with E-state index in [1.807, 2.05) is 55.5 Å². The summed E-state index contributed by atoms with van der Waals surface area (Å²) in [5, 5.41) is 6.29. The summed E-state index contributed by atoms with van der Waals surface area (Å²) < 4.78 is 0. The van der Waals surface area contributed by atoms with Gasteiger partial charge in [0.15, 0.2) is 0 Å². The SMILES string of the molecule is Cc1ccc(B2NC(=O)c3ccccc3N2)cc1. The van der Waals surface area contributed by atoms with Gasteiger partial charge in [-0.3, -0.25) is 4.79 Å². The highest BCUT2D eigenvalue weighted by Crippen LogP contribution is 2.18. The second-order valence-electron chi connectivity index (χ2n) is 4.51. The van der Waals surface area contributed by atoms with Gasteiger partial charge in [0.05, 0.1) is 5.56 Å². The minimum atomic E-state index is -0.159. The van der Waals surface area contributed by atoms with Crippen LogP contribution in [0.1, 0.15) is 15.9 Å². The fourth-order valence-electron chi connectivity index (χ4n) is 2.13. The summed E-state index contributed by atoms with van der Waals surface area (Å²) in [6.07, 6.45) is 0. The van der Waals surface area contributed by atoms with Crippen LogP contribution in [0.5, 0.6) is 0 Å². The highest BCUT2D eigenvalue weighted by Gasteiger charge is 2.28. The van der Waals surface area contributed by atoms with Crippen LogP contribution in [0.4, 0.5) is 5.69 Å². The molecule has 4 heteroatoms. The molecule has 2 aromatic carbocycles. The Hall–Kier alpha value is -2.23. The summed E-state index contributed by atoms with van der Waals surface area (Å²) in [6, 6.07) is 15.7. The van der Waals surface area contributed by atoms with Gasteiger partial charge in [-0.1, -0.05) is 42.0 Å². The van der Waals surface area contributed by atoms with Crippen LogP contribution >= 0.6 is 0 Å². The number of aryl methyl sites for hydroxylation is 1. The molecule has 0 aromatic heterocycles. The Kier molecular flexibility index (Phi) is 2.56. The van der Waals surface area contributed by atoms with Crippen molar-refractivity contribution in [3.63, 3.8) is 0 Å². The van der Waals surface area contributed by atoms with E-state index in [-0.39, 0.29) is 12.9 Å². The number of amides is 1. The minimum absolute atomic E-state index is 0.0325. The largest absolute Gasteiger partial charge is 0.408 e. The predicted octanol–water partition coefficient (Wildman–Crippen LogP) is 1.55. The summed E-state index contributed by atoms with van der Waals surface area (Å²) in [5.41, 5.74) is 3.84. The Morgan fingerprint density at radius 1 is 0.944 bits per heavy atom. The molecule has 1 aliphatic heterocycles. The second kappa shape index (κ2) is 4.22. The molecule has 0 fully saturated rings. The molecule has 2 aromatic rings. The summed E-state index contributed by atoms with van der Waals surface area (Å²) in [6.45, 7) is 1.89. The number of hydrogen-bond acceptors (Lipinski definition) is 2. The number of anilines is 1. The van der Waals surface area contributed by atoms with Crippen molar-refractivity contribution in [3.8, 4) is 0 Å². The van der Waals surface area contributed by atoms with Gasteiger partial charge in [0, 0.05) is 5.69 Å². The first-order valence-electron chi connectivity index (χ1n) is 5.97. The molecule has 18 heavy (non-hydrogen) atoms. The zero-order valence-electron chi connectivity index (χ0n) is 10.1. The molecular weight excluding hydrogens is 223 g/mol. The van der Waals surface area contributed by atoms with E-state index in [4.69, 9.17) is 0 Å². The van der Waals surface area contributed by atoms with Gasteiger partial charge in [0.2, 0.25) is 5.91 Å². The minimum Gasteiger partial charge on any atom is -0.405 e. The predicted molar refractivity (Wildman–Crippen MR) is 74.1 cm³/mol. The molecular formula is C14H13BN2O. The molecule has 3 nitrogen and oxygen atoms in total. The zero-order valence-corrected chi connectivity index (χ0v) is 10.1. The van der Waals surface area contributed by atoms with Crippen LogP contribution < -0.4 is 15.9 Å². The third-order valence-electron chi connectivity index (χ3n) is 3.16. The fraction of sp³-hybridized carbons (Fsp3) is 0.0714. The Morgan fingerprint density at radius 3 is 2.44 bits per heavy atom. The van der Waals surface area contributed by atoms with Crippen molar-refractivity contribution in [2.75, 3.05) is 5.23 Å². The van der Waals surface area contributed by atoms with E-state index in [0.29, 0.717) is 5.56 Å². The molecule has 0 radical (unpaired) electrons. The molecule has 0 spiro atoms. The van der Waals surface area contributed by atoms with Gasteiger partial charge in [-0.15, -0.1) is 0 Å². The lowest BCUT2D eigenvalue weighted by molar-refractivity contribution is 0.0979. The highest BCUT2D eigenvalue weighted by atomic mass is 16.1. The summed E-state index contributed by atoms with van der Waals surface area (Å²) >= 11 is 0. The lowest BCUT2D eigenvalue weighted by Gasteiger charge is -2.24. The molecule has 0 aliphatic carbocycles. The first kappa shape index (κ1) is 10.9. The van der Waals surface area contributed by atoms with Gasteiger partial charge < -0.3 is 10.5 Å². The fourth-order valence-corrected chi connectivity index (χ4v) is 2.13. The average Bonchev–Trinajstić information content (AvgIpc) is 2.39. The summed E-state index contributed by atoms with van der Waals surface area (Å²) in [4.78, 5) is 12.0. The standard InChI is InChI=1S/C14H13BN2O/c1-10-6-8-11(9-7-10)15-16-13-5-3-2-4-12(13)14(18)17-15/h2-9,16H,1H3,(H,17,18). The van der Waals surface area contributed by atoms with Gasteiger partial charge >= 0.3 is 6.98 Å². The van der Waals surface area contributed by atoms with Gasteiger partial charge in [-0.2, -0.15) is 0 Å². The van der Waals surface area contributed by atoms with Crippen LogP contribution in [0.25, 0.3) is 0 Å². The molecule has 0 saturated heterocycles. The van der Waals surface area contributed by atoms with Crippen LogP contribution in [0.3, 0.4) is 0 Å². The number of carbonyl (C=O) groups excluding carboxylic acids is 1. The van der Waals surface area contributed by atoms with Crippen LogP contribution in [0.2, 0.25) is 0 Å². The molecule has 0 unspecified atom stereocenters. The van der Waals surface area contributed by atoms with Crippen molar-refractivity contribution in [3.05, 3.63) is 59.7 Å². The van der Waals surface area contributed by atoms with E-state index in [1.54, 1.807) is 0 Å². The maximum atomic E-state index is 12.0. The van der Waals surface area contributed by atoms with Crippen molar-refractivity contribution in [2.45, 2.75) is 6.92 Å². The Bertz CT molecular complexity index is 595. The third-order valence-corrected chi connectivity index (χ3v) is 3.16. The molecule has 1 amide bonds. The number of carbonyl (C=O) groups is 1.